The van der Waals surface area contributed by atoms with Crippen LogP contribution in [0.2, 0.25) is 0 Å². The van der Waals surface area contributed by atoms with Crippen LogP contribution < -0.4 is 10.9 Å². The van der Waals surface area contributed by atoms with E-state index in [9.17, 15) is 14.4 Å². The second kappa shape index (κ2) is 6.78. The molecule has 122 valence electrons. The van der Waals surface area contributed by atoms with Gasteiger partial charge in [0.15, 0.2) is 0 Å². The second-order valence-electron chi connectivity index (χ2n) is 5.01. The van der Waals surface area contributed by atoms with Crippen LogP contribution in [0.1, 0.15) is 38.2 Å². The Morgan fingerprint density at radius 3 is 2.70 bits per heavy atom. The zero-order valence-corrected chi connectivity index (χ0v) is 14.2. The van der Waals surface area contributed by atoms with Gasteiger partial charge in [-0.15, -0.1) is 11.3 Å². The number of esters is 1. The maximum absolute atomic E-state index is 12.4. The van der Waals surface area contributed by atoms with E-state index in [4.69, 9.17) is 0 Å². The molecule has 0 bridgehead atoms. The summed E-state index contributed by atoms with van der Waals surface area (Å²) in [5, 5.41) is 4.28. The van der Waals surface area contributed by atoms with E-state index >= 15 is 0 Å². The standard InChI is InChI=1S/C16H18N2O4S/c1-5-12-9(2)8-10(15(20)18(12)3)14(19)17-11-6-7-23-13(11)16(21)22-4/h6-8H,5H2,1-4H3,(H,17,19). The molecular weight excluding hydrogens is 316 g/mol. The highest BCUT2D eigenvalue weighted by Crippen LogP contribution is 2.23. The van der Waals surface area contributed by atoms with Crippen LogP contribution in [0.3, 0.4) is 0 Å². The number of aryl methyl sites for hydroxylation is 1. The lowest BCUT2D eigenvalue weighted by Crippen LogP contribution is -2.30. The van der Waals surface area contributed by atoms with Crippen LogP contribution in [0.5, 0.6) is 0 Å². The molecule has 1 N–H and O–H groups in total. The van der Waals surface area contributed by atoms with Gasteiger partial charge in [-0.05, 0) is 36.4 Å². The number of amides is 1. The van der Waals surface area contributed by atoms with Gasteiger partial charge in [-0.25, -0.2) is 4.79 Å². The average molecular weight is 334 g/mol. The summed E-state index contributed by atoms with van der Waals surface area (Å²) in [5.41, 5.74) is 1.78. The lowest BCUT2D eigenvalue weighted by molar-refractivity contribution is 0.0607. The molecule has 0 atom stereocenters. The molecule has 23 heavy (non-hydrogen) atoms. The number of rotatable bonds is 4. The molecule has 2 rings (SSSR count). The monoisotopic (exact) mass is 334 g/mol. The summed E-state index contributed by atoms with van der Waals surface area (Å²) in [6, 6.07) is 3.19. The second-order valence-corrected chi connectivity index (χ2v) is 5.93. The largest absolute Gasteiger partial charge is 0.465 e. The van der Waals surface area contributed by atoms with Crippen molar-refractivity contribution in [2.75, 3.05) is 12.4 Å². The molecule has 0 saturated heterocycles. The van der Waals surface area contributed by atoms with Crippen molar-refractivity contribution < 1.29 is 14.3 Å². The Hall–Kier alpha value is -2.41. The number of thiophene rings is 1. The van der Waals surface area contributed by atoms with Gasteiger partial charge in [0.1, 0.15) is 10.4 Å². The maximum Gasteiger partial charge on any atom is 0.350 e. The summed E-state index contributed by atoms with van der Waals surface area (Å²) >= 11 is 1.16. The molecule has 2 heterocycles. The van der Waals surface area contributed by atoms with Crippen LogP contribution in [0.4, 0.5) is 5.69 Å². The number of aromatic nitrogens is 1. The predicted molar refractivity (Wildman–Crippen MR) is 89.4 cm³/mol. The summed E-state index contributed by atoms with van der Waals surface area (Å²) in [6.45, 7) is 3.81. The molecule has 0 fully saturated rings. The van der Waals surface area contributed by atoms with Crippen LogP contribution in [0.25, 0.3) is 0 Å². The first-order valence-corrected chi connectivity index (χ1v) is 7.95. The van der Waals surface area contributed by atoms with Crippen LogP contribution in [0, 0.1) is 6.92 Å². The quantitative estimate of drug-likeness (QED) is 0.871. The van der Waals surface area contributed by atoms with Crippen molar-refractivity contribution in [1.29, 1.82) is 0 Å². The molecule has 0 aliphatic rings. The number of carbonyl (C=O) groups excluding carboxylic acids is 2. The number of hydrogen-bond acceptors (Lipinski definition) is 5. The van der Waals surface area contributed by atoms with Crippen molar-refractivity contribution in [3.05, 3.63) is 49.6 Å². The van der Waals surface area contributed by atoms with E-state index in [0.717, 1.165) is 22.6 Å². The summed E-state index contributed by atoms with van der Waals surface area (Å²) < 4.78 is 6.15. The molecule has 0 aliphatic heterocycles. The van der Waals surface area contributed by atoms with E-state index in [1.807, 2.05) is 13.8 Å². The number of methoxy groups -OCH3 is 1. The maximum atomic E-state index is 12.4. The van der Waals surface area contributed by atoms with Crippen LogP contribution >= 0.6 is 11.3 Å². The van der Waals surface area contributed by atoms with Crippen molar-refractivity contribution in [1.82, 2.24) is 4.57 Å². The highest BCUT2D eigenvalue weighted by Gasteiger charge is 2.19. The lowest BCUT2D eigenvalue weighted by atomic mass is 10.1. The number of anilines is 1. The molecule has 0 saturated carbocycles. The number of pyridine rings is 1. The Bertz CT molecular complexity index is 820. The Kier molecular flexibility index (Phi) is 5.00. The molecule has 6 nitrogen and oxygen atoms in total. The van der Waals surface area contributed by atoms with Gasteiger partial charge >= 0.3 is 5.97 Å². The van der Waals surface area contributed by atoms with E-state index in [0.29, 0.717) is 17.0 Å². The smallest absolute Gasteiger partial charge is 0.350 e. The number of hydrogen-bond donors (Lipinski definition) is 1. The van der Waals surface area contributed by atoms with Gasteiger partial charge in [-0.3, -0.25) is 9.59 Å². The third-order valence-corrected chi connectivity index (χ3v) is 4.51. The minimum Gasteiger partial charge on any atom is -0.465 e. The SMILES string of the molecule is CCc1c(C)cc(C(=O)Nc2ccsc2C(=O)OC)c(=O)n1C. The highest BCUT2D eigenvalue weighted by molar-refractivity contribution is 7.12. The minimum atomic E-state index is -0.542. The topological polar surface area (TPSA) is 77.4 Å². The summed E-state index contributed by atoms with van der Waals surface area (Å²) in [7, 11) is 2.92. The summed E-state index contributed by atoms with van der Waals surface area (Å²) in [6.07, 6.45) is 0.705. The van der Waals surface area contributed by atoms with Gasteiger partial charge in [0.25, 0.3) is 11.5 Å². The van der Waals surface area contributed by atoms with Crippen LogP contribution in [0.15, 0.2) is 22.3 Å². The number of ether oxygens (including phenoxy) is 1. The fourth-order valence-corrected chi connectivity index (χ4v) is 3.22. The molecule has 0 unspecified atom stereocenters. The van der Waals surface area contributed by atoms with Gasteiger partial charge < -0.3 is 14.6 Å². The molecule has 0 aliphatic carbocycles. The van der Waals surface area contributed by atoms with Crippen molar-refractivity contribution in [2.24, 2.45) is 7.05 Å². The molecule has 1 amide bonds. The average Bonchev–Trinajstić information content (AvgIpc) is 2.98. The molecule has 7 heteroatoms. The Morgan fingerprint density at radius 2 is 2.09 bits per heavy atom. The molecular formula is C16H18N2O4S. The van der Waals surface area contributed by atoms with Gasteiger partial charge in [-0.2, -0.15) is 0 Å². The van der Waals surface area contributed by atoms with Crippen molar-refractivity contribution in [3.63, 3.8) is 0 Å². The van der Waals surface area contributed by atoms with E-state index in [1.54, 1.807) is 24.6 Å². The molecule has 2 aromatic heterocycles. The fraction of sp³-hybridized carbons (Fsp3) is 0.312. The van der Waals surface area contributed by atoms with Crippen molar-refractivity contribution in [3.8, 4) is 0 Å². The minimum absolute atomic E-state index is 0.0456. The molecule has 0 radical (unpaired) electrons. The third-order valence-electron chi connectivity index (χ3n) is 3.62. The van der Waals surface area contributed by atoms with Gasteiger partial charge in [0, 0.05) is 12.7 Å². The van der Waals surface area contributed by atoms with Gasteiger partial charge in [0.2, 0.25) is 0 Å². The normalized spacial score (nSPS) is 10.4. The third kappa shape index (κ3) is 3.19. The molecule has 0 spiro atoms. The first kappa shape index (κ1) is 17.0. The van der Waals surface area contributed by atoms with Crippen molar-refractivity contribution in [2.45, 2.75) is 20.3 Å². The zero-order chi connectivity index (χ0) is 17.1. The Labute approximate surface area is 137 Å². The lowest BCUT2D eigenvalue weighted by Gasteiger charge is -2.12. The fourth-order valence-electron chi connectivity index (χ4n) is 2.46. The van der Waals surface area contributed by atoms with E-state index in [2.05, 4.69) is 10.1 Å². The Morgan fingerprint density at radius 1 is 1.39 bits per heavy atom. The van der Waals surface area contributed by atoms with Gasteiger partial charge in [0.05, 0.1) is 12.8 Å². The Balaban J connectivity index is 2.38. The molecule has 2 aromatic rings. The van der Waals surface area contributed by atoms with Crippen molar-refractivity contribution >= 4 is 28.9 Å². The zero-order valence-electron chi connectivity index (χ0n) is 13.4. The number of nitrogens with one attached hydrogen (secondary N) is 1. The first-order valence-electron chi connectivity index (χ1n) is 7.07. The van der Waals surface area contributed by atoms with Crippen LogP contribution in [-0.2, 0) is 18.2 Å². The van der Waals surface area contributed by atoms with E-state index < -0.39 is 11.9 Å². The number of nitrogens with zero attached hydrogens (tertiary/aromatic N) is 1. The molecule has 0 aromatic carbocycles. The van der Waals surface area contributed by atoms with Crippen LogP contribution in [-0.4, -0.2) is 23.6 Å². The van der Waals surface area contributed by atoms with E-state index in [-0.39, 0.29) is 11.1 Å². The first-order chi connectivity index (χ1) is 10.9. The van der Waals surface area contributed by atoms with E-state index in [1.165, 1.54) is 11.7 Å². The van der Waals surface area contributed by atoms with Gasteiger partial charge in [-0.1, -0.05) is 6.92 Å². The number of carbonyl (C=O) groups is 2. The predicted octanol–water partition coefficient (Wildman–Crippen LogP) is 2.36. The highest BCUT2D eigenvalue weighted by atomic mass is 32.1. The summed E-state index contributed by atoms with van der Waals surface area (Å²) in [5.74, 6) is -1.07. The summed E-state index contributed by atoms with van der Waals surface area (Å²) in [4.78, 5) is 36.7.